The second-order valence-corrected chi connectivity index (χ2v) is 6.23. The SMILES string of the molecule is CC1CC(N(C)Cc2cnc(N)s2)CCN1C.Cl. The van der Waals surface area contributed by atoms with Crippen LogP contribution in [0, 0.1) is 0 Å². The van der Waals surface area contributed by atoms with Crippen molar-refractivity contribution in [3.05, 3.63) is 11.1 Å². The molecule has 1 aromatic rings. The van der Waals surface area contributed by atoms with Gasteiger partial charge in [0.1, 0.15) is 0 Å². The largest absolute Gasteiger partial charge is 0.375 e. The fraction of sp³-hybridized carbons (Fsp3) is 0.750. The molecular formula is C12H23ClN4S. The van der Waals surface area contributed by atoms with Crippen LogP contribution in [0.3, 0.4) is 0 Å². The minimum atomic E-state index is 0. The van der Waals surface area contributed by atoms with Gasteiger partial charge in [0.15, 0.2) is 5.13 Å². The Balaban J connectivity index is 0.00000162. The number of hydrogen-bond donors (Lipinski definition) is 1. The molecule has 1 aliphatic rings. The molecule has 0 aliphatic carbocycles. The molecule has 0 radical (unpaired) electrons. The molecular weight excluding hydrogens is 268 g/mol. The Hall–Kier alpha value is -0.360. The van der Waals surface area contributed by atoms with Gasteiger partial charge in [0, 0.05) is 29.7 Å². The summed E-state index contributed by atoms with van der Waals surface area (Å²) >= 11 is 1.60. The number of aromatic nitrogens is 1. The topological polar surface area (TPSA) is 45.4 Å². The summed E-state index contributed by atoms with van der Waals surface area (Å²) < 4.78 is 0. The van der Waals surface area contributed by atoms with Crippen LogP contribution in [0.2, 0.25) is 0 Å². The van der Waals surface area contributed by atoms with Crippen LogP contribution in [0.1, 0.15) is 24.6 Å². The van der Waals surface area contributed by atoms with E-state index in [1.165, 1.54) is 24.3 Å². The third-order valence-corrected chi connectivity index (χ3v) is 4.59. The van der Waals surface area contributed by atoms with Crippen LogP contribution in [0.5, 0.6) is 0 Å². The summed E-state index contributed by atoms with van der Waals surface area (Å²) in [4.78, 5) is 10.2. The average molecular weight is 291 g/mol. The quantitative estimate of drug-likeness (QED) is 0.926. The number of nitrogens with zero attached hydrogens (tertiary/aromatic N) is 3. The lowest BCUT2D eigenvalue weighted by Crippen LogP contribution is -2.45. The van der Waals surface area contributed by atoms with Gasteiger partial charge in [-0.15, -0.1) is 23.7 Å². The number of nitrogen functional groups attached to an aromatic ring is 1. The van der Waals surface area contributed by atoms with Gasteiger partial charge < -0.3 is 10.6 Å². The smallest absolute Gasteiger partial charge is 0.180 e. The molecule has 4 nitrogen and oxygen atoms in total. The fourth-order valence-corrected chi connectivity index (χ4v) is 3.18. The highest BCUT2D eigenvalue weighted by Gasteiger charge is 2.25. The third kappa shape index (κ3) is 3.82. The summed E-state index contributed by atoms with van der Waals surface area (Å²) in [7, 11) is 4.42. The molecule has 18 heavy (non-hydrogen) atoms. The van der Waals surface area contributed by atoms with Gasteiger partial charge in [-0.3, -0.25) is 4.90 Å². The maximum absolute atomic E-state index is 5.66. The van der Waals surface area contributed by atoms with E-state index in [4.69, 9.17) is 5.73 Å². The molecule has 0 spiro atoms. The normalized spacial score (nSPS) is 25.1. The van der Waals surface area contributed by atoms with Gasteiger partial charge in [0.25, 0.3) is 0 Å². The second-order valence-electron chi connectivity index (χ2n) is 5.09. The monoisotopic (exact) mass is 290 g/mol. The predicted molar refractivity (Wildman–Crippen MR) is 80.4 cm³/mol. The van der Waals surface area contributed by atoms with Crippen LogP contribution in [-0.4, -0.2) is 47.5 Å². The van der Waals surface area contributed by atoms with E-state index in [1.54, 1.807) is 11.3 Å². The van der Waals surface area contributed by atoms with Crippen molar-refractivity contribution in [2.75, 3.05) is 26.4 Å². The lowest BCUT2D eigenvalue weighted by atomic mass is 9.98. The van der Waals surface area contributed by atoms with E-state index in [0.717, 1.165) is 6.54 Å². The molecule has 0 saturated carbocycles. The summed E-state index contributed by atoms with van der Waals surface area (Å²) in [5.74, 6) is 0. The summed E-state index contributed by atoms with van der Waals surface area (Å²) in [6.45, 7) is 4.47. The molecule has 2 unspecified atom stereocenters. The molecule has 6 heteroatoms. The molecule has 2 N–H and O–H groups in total. The van der Waals surface area contributed by atoms with Gasteiger partial charge in [-0.25, -0.2) is 4.98 Å². The van der Waals surface area contributed by atoms with Gasteiger partial charge in [0.05, 0.1) is 0 Å². The zero-order valence-corrected chi connectivity index (χ0v) is 12.9. The van der Waals surface area contributed by atoms with Crippen molar-refractivity contribution in [3.8, 4) is 0 Å². The number of piperidine rings is 1. The van der Waals surface area contributed by atoms with Gasteiger partial charge in [-0.1, -0.05) is 0 Å². The van der Waals surface area contributed by atoms with Crippen molar-refractivity contribution in [1.82, 2.24) is 14.8 Å². The second kappa shape index (κ2) is 6.70. The molecule has 2 heterocycles. The van der Waals surface area contributed by atoms with E-state index < -0.39 is 0 Å². The number of nitrogens with two attached hydrogens (primary N) is 1. The number of rotatable bonds is 3. The number of likely N-dealkylation sites (tertiary alicyclic amines) is 1. The number of thiazole rings is 1. The standard InChI is InChI=1S/C12H22N4S.ClH/c1-9-6-10(4-5-15(9)2)16(3)8-11-7-14-12(13)17-11;/h7,9-10H,4-6,8H2,1-3H3,(H2,13,14);1H. The first kappa shape index (κ1) is 15.7. The van der Waals surface area contributed by atoms with Crippen molar-refractivity contribution in [1.29, 1.82) is 0 Å². The van der Waals surface area contributed by atoms with E-state index in [0.29, 0.717) is 17.2 Å². The van der Waals surface area contributed by atoms with Gasteiger partial charge in [-0.05, 0) is 40.4 Å². The van der Waals surface area contributed by atoms with Crippen LogP contribution in [0.4, 0.5) is 5.13 Å². The molecule has 1 fully saturated rings. The Kier molecular flexibility index (Phi) is 5.85. The molecule has 1 aliphatic heterocycles. The summed E-state index contributed by atoms with van der Waals surface area (Å²) in [5.41, 5.74) is 5.66. The maximum Gasteiger partial charge on any atom is 0.180 e. The molecule has 2 atom stereocenters. The van der Waals surface area contributed by atoms with E-state index in [9.17, 15) is 0 Å². The van der Waals surface area contributed by atoms with Gasteiger partial charge in [-0.2, -0.15) is 0 Å². The third-order valence-electron chi connectivity index (χ3n) is 3.78. The minimum absolute atomic E-state index is 0. The van der Waals surface area contributed by atoms with Crippen LogP contribution in [0.25, 0.3) is 0 Å². The zero-order valence-electron chi connectivity index (χ0n) is 11.3. The van der Waals surface area contributed by atoms with Crippen molar-refractivity contribution >= 4 is 28.9 Å². The number of halogens is 1. The lowest BCUT2D eigenvalue weighted by Gasteiger charge is -2.39. The zero-order chi connectivity index (χ0) is 12.4. The first-order chi connectivity index (χ1) is 8.06. The van der Waals surface area contributed by atoms with Crippen LogP contribution in [0.15, 0.2) is 6.20 Å². The Morgan fingerprint density at radius 3 is 2.89 bits per heavy atom. The molecule has 104 valence electrons. The molecule has 0 bridgehead atoms. The Bertz CT molecular complexity index is 371. The fourth-order valence-electron chi connectivity index (χ4n) is 2.44. The predicted octanol–water partition coefficient (Wildman–Crippen LogP) is 2.06. The Labute approximate surface area is 120 Å². The van der Waals surface area contributed by atoms with Gasteiger partial charge >= 0.3 is 0 Å². The van der Waals surface area contributed by atoms with E-state index >= 15 is 0 Å². The summed E-state index contributed by atoms with van der Waals surface area (Å²) in [6, 6.07) is 1.37. The lowest BCUT2D eigenvalue weighted by molar-refractivity contribution is 0.101. The van der Waals surface area contributed by atoms with E-state index in [2.05, 4.69) is 35.8 Å². The first-order valence-electron chi connectivity index (χ1n) is 6.17. The minimum Gasteiger partial charge on any atom is -0.375 e. The van der Waals surface area contributed by atoms with E-state index in [-0.39, 0.29) is 12.4 Å². The van der Waals surface area contributed by atoms with Crippen molar-refractivity contribution in [2.45, 2.75) is 38.4 Å². The average Bonchev–Trinajstić information content (AvgIpc) is 2.68. The van der Waals surface area contributed by atoms with Crippen molar-refractivity contribution < 1.29 is 0 Å². The molecule has 1 aromatic heterocycles. The van der Waals surface area contributed by atoms with Crippen molar-refractivity contribution in [2.24, 2.45) is 0 Å². The van der Waals surface area contributed by atoms with E-state index in [1.807, 2.05) is 6.20 Å². The van der Waals surface area contributed by atoms with Crippen LogP contribution >= 0.6 is 23.7 Å². The molecule has 1 saturated heterocycles. The summed E-state index contributed by atoms with van der Waals surface area (Å²) in [6.07, 6.45) is 4.40. The van der Waals surface area contributed by atoms with Crippen LogP contribution in [-0.2, 0) is 6.54 Å². The summed E-state index contributed by atoms with van der Waals surface area (Å²) in [5, 5.41) is 0.671. The van der Waals surface area contributed by atoms with Crippen LogP contribution < -0.4 is 5.73 Å². The highest BCUT2D eigenvalue weighted by Crippen LogP contribution is 2.23. The maximum atomic E-state index is 5.66. The number of hydrogen-bond acceptors (Lipinski definition) is 5. The Morgan fingerprint density at radius 1 is 1.61 bits per heavy atom. The molecule has 2 rings (SSSR count). The highest BCUT2D eigenvalue weighted by molar-refractivity contribution is 7.15. The molecule has 0 aromatic carbocycles. The molecule has 0 amide bonds. The first-order valence-corrected chi connectivity index (χ1v) is 6.98. The number of anilines is 1. The Morgan fingerprint density at radius 2 is 2.33 bits per heavy atom. The van der Waals surface area contributed by atoms with Gasteiger partial charge in [0.2, 0.25) is 0 Å². The highest BCUT2D eigenvalue weighted by atomic mass is 35.5. The van der Waals surface area contributed by atoms with Crippen molar-refractivity contribution in [3.63, 3.8) is 0 Å².